The summed E-state index contributed by atoms with van der Waals surface area (Å²) < 4.78 is 0. The summed E-state index contributed by atoms with van der Waals surface area (Å²) in [6, 6.07) is 7.40. The number of hydrogen-bond donors (Lipinski definition) is 2. The van der Waals surface area contributed by atoms with E-state index in [-0.39, 0.29) is 5.91 Å². The van der Waals surface area contributed by atoms with Crippen LogP contribution in [-0.2, 0) is 4.79 Å². The number of hydrogen-bond acceptors (Lipinski definition) is 4. The van der Waals surface area contributed by atoms with E-state index in [1.54, 1.807) is 12.1 Å². The summed E-state index contributed by atoms with van der Waals surface area (Å²) in [6.07, 6.45) is 1.27. The van der Waals surface area contributed by atoms with Gasteiger partial charge in [-0.3, -0.25) is 4.79 Å². The highest BCUT2D eigenvalue weighted by Gasteiger charge is 2.08. The average Bonchev–Trinajstić information content (AvgIpc) is 2.45. The second-order valence-electron chi connectivity index (χ2n) is 5.17. The minimum atomic E-state index is -0.0602. The molecular weight excluding hydrogens is 300 g/mol. The minimum Gasteiger partial charge on any atom is -0.337 e. The van der Waals surface area contributed by atoms with Gasteiger partial charge in [-0.2, -0.15) is 0 Å². The van der Waals surface area contributed by atoms with Crippen molar-refractivity contribution in [2.75, 3.05) is 10.6 Å². The predicted octanol–water partition coefficient (Wildman–Crippen LogP) is 4.23. The predicted molar refractivity (Wildman–Crippen MR) is 89.8 cm³/mol. The quantitative estimate of drug-likeness (QED) is 0.865. The molecule has 0 aliphatic rings. The first-order valence-electron chi connectivity index (χ1n) is 7.17. The molecule has 1 heterocycles. The van der Waals surface area contributed by atoms with E-state index in [4.69, 9.17) is 11.6 Å². The van der Waals surface area contributed by atoms with E-state index < -0.39 is 0 Å². The highest BCUT2D eigenvalue weighted by molar-refractivity contribution is 6.33. The van der Waals surface area contributed by atoms with Crippen molar-refractivity contribution < 1.29 is 4.79 Å². The Bertz CT molecular complexity index is 647. The summed E-state index contributed by atoms with van der Waals surface area (Å²) in [6.45, 7) is 5.93. The van der Waals surface area contributed by atoms with E-state index in [0.717, 1.165) is 23.2 Å². The molecular formula is C16H19ClN4O. The maximum absolute atomic E-state index is 11.5. The van der Waals surface area contributed by atoms with Crippen molar-refractivity contribution in [1.82, 2.24) is 10.2 Å². The summed E-state index contributed by atoms with van der Waals surface area (Å²) in [5.74, 6) is 0.952. The largest absolute Gasteiger partial charge is 0.337 e. The Morgan fingerprint density at radius 1 is 1.18 bits per heavy atom. The maximum atomic E-state index is 11.5. The van der Waals surface area contributed by atoms with Crippen molar-refractivity contribution in [3.8, 4) is 0 Å². The number of carbonyl (C=O) groups is 1. The molecule has 5 nitrogen and oxygen atoms in total. The first-order valence-corrected chi connectivity index (χ1v) is 7.54. The van der Waals surface area contributed by atoms with Gasteiger partial charge >= 0.3 is 0 Å². The van der Waals surface area contributed by atoms with Crippen LogP contribution in [0.4, 0.5) is 17.3 Å². The van der Waals surface area contributed by atoms with Gasteiger partial charge in [0.05, 0.1) is 10.7 Å². The number of halogens is 1. The number of anilines is 3. The number of amides is 1. The van der Waals surface area contributed by atoms with E-state index >= 15 is 0 Å². The third-order valence-corrected chi connectivity index (χ3v) is 3.39. The lowest BCUT2D eigenvalue weighted by Crippen LogP contribution is -2.12. The lowest BCUT2D eigenvalue weighted by molar-refractivity contribution is -0.116. The monoisotopic (exact) mass is 318 g/mol. The number of rotatable bonds is 5. The normalized spacial score (nSPS) is 10.4. The first kappa shape index (κ1) is 16.2. The zero-order valence-electron chi connectivity index (χ0n) is 12.9. The molecule has 6 heteroatoms. The molecule has 116 valence electrons. The number of benzene rings is 1. The van der Waals surface area contributed by atoms with Gasteiger partial charge in [-0.1, -0.05) is 24.6 Å². The van der Waals surface area contributed by atoms with E-state index in [2.05, 4.69) is 20.8 Å². The number of carbonyl (C=O) groups excluding carboxylic acids is 1. The molecule has 0 bridgehead atoms. The van der Waals surface area contributed by atoms with Crippen LogP contribution in [0, 0.1) is 13.8 Å². The van der Waals surface area contributed by atoms with Gasteiger partial charge in [0, 0.05) is 6.42 Å². The van der Waals surface area contributed by atoms with E-state index in [9.17, 15) is 4.79 Å². The van der Waals surface area contributed by atoms with Crippen molar-refractivity contribution in [3.05, 3.63) is 40.4 Å². The summed E-state index contributed by atoms with van der Waals surface area (Å²) >= 11 is 6.25. The van der Waals surface area contributed by atoms with Crippen molar-refractivity contribution in [1.29, 1.82) is 0 Å². The van der Waals surface area contributed by atoms with Gasteiger partial charge in [0.15, 0.2) is 11.6 Å². The molecule has 0 aliphatic heterocycles. The lowest BCUT2D eigenvalue weighted by atomic mass is 10.1. The molecule has 0 atom stereocenters. The molecule has 2 N–H and O–H groups in total. The fourth-order valence-electron chi connectivity index (χ4n) is 2.10. The highest BCUT2D eigenvalue weighted by atomic mass is 35.5. The van der Waals surface area contributed by atoms with E-state index in [0.29, 0.717) is 23.1 Å². The van der Waals surface area contributed by atoms with E-state index in [1.165, 1.54) is 0 Å². The SMILES string of the molecule is CCCC(=O)Nc1ccc(Nc2c(C)cc(C)cc2Cl)nn1. The molecule has 0 unspecified atom stereocenters. The molecule has 22 heavy (non-hydrogen) atoms. The molecule has 0 radical (unpaired) electrons. The minimum absolute atomic E-state index is 0.0602. The number of aryl methyl sites for hydroxylation is 2. The van der Waals surface area contributed by atoms with Crippen LogP contribution in [0.3, 0.4) is 0 Å². The Morgan fingerprint density at radius 3 is 2.45 bits per heavy atom. The zero-order valence-corrected chi connectivity index (χ0v) is 13.7. The van der Waals surface area contributed by atoms with Gasteiger partial charge in [0.25, 0.3) is 0 Å². The smallest absolute Gasteiger partial charge is 0.225 e. The molecule has 0 fully saturated rings. The van der Waals surface area contributed by atoms with E-state index in [1.807, 2.05) is 32.9 Å². The van der Waals surface area contributed by atoms with Gasteiger partial charge in [-0.15, -0.1) is 10.2 Å². The third-order valence-electron chi connectivity index (χ3n) is 3.09. The number of aromatic nitrogens is 2. The lowest BCUT2D eigenvalue weighted by Gasteiger charge is -2.12. The average molecular weight is 319 g/mol. The summed E-state index contributed by atoms with van der Waals surface area (Å²) in [4.78, 5) is 11.5. The van der Waals surface area contributed by atoms with Crippen LogP contribution in [0.5, 0.6) is 0 Å². The van der Waals surface area contributed by atoms with Crippen molar-refractivity contribution in [3.63, 3.8) is 0 Å². The Morgan fingerprint density at radius 2 is 1.86 bits per heavy atom. The zero-order chi connectivity index (χ0) is 16.1. The molecule has 2 rings (SSSR count). The van der Waals surface area contributed by atoms with Gasteiger partial charge < -0.3 is 10.6 Å². The first-order chi connectivity index (χ1) is 10.5. The van der Waals surface area contributed by atoms with Crippen LogP contribution in [-0.4, -0.2) is 16.1 Å². The second-order valence-corrected chi connectivity index (χ2v) is 5.57. The molecule has 2 aromatic rings. The van der Waals surface area contributed by atoms with Gasteiger partial charge in [0.2, 0.25) is 5.91 Å². The topological polar surface area (TPSA) is 66.9 Å². The Balaban J connectivity index is 2.10. The fourth-order valence-corrected chi connectivity index (χ4v) is 2.47. The number of nitrogens with zero attached hydrogens (tertiary/aromatic N) is 2. The van der Waals surface area contributed by atoms with Crippen LogP contribution in [0.15, 0.2) is 24.3 Å². The summed E-state index contributed by atoms with van der Waals surface area (Å²) in [5.41, 5.74) is 2.95. The summed E-state index contributed by atoms with van der Waals surface area (Å²) in [7, 11) is 0. The Hall–Kier alpha value is -2.14. The standard InChI is InChI=1S/C16H19ClN4O/c1-4-5-15(22)18-13-6-7-14(21-20-13)19-16-11(3)8-10(2)9-12(16)17/h6-9H,4-5H2,1-3H3,(H,19,21)(H,18,20,22). The molecule has 1 aromatic carbocycles. The number of nitrogens with one attached hydrogen (secondary N) is 2. The second kappa shape index (κ2) is 7.22. The van der Waals surface area contributed by atoms with Crippen molar-refractivity contribution in [2.45, 2.75) is 33.6 Å². The molecule has 1 amide bonds. The molecule has 0 spiro atoms. The maximum Gasteiger partial charge on any atom is 0.225 e. The fraction of sp³-hybridized carbons (Fsp3) is 0.312. The van der Waals surface area contributed by atoms with Gasteiger partial charge in [-0.05, 0) is 49.6 Å². The summed E-state index contributed by atoms with van der Waals surface area (Å²) in [5, 5.41) is 14.5. The van der Waals surface area contributed by atoms with Crippen molar-refractivity contribution in [2.24, 2.45) is 0 Å². The third kappa shape index (κ3) is 4.18. The van der Waals surface area contributed by atoms with Crippen LogP contribution in [0.1, 0.15) is 30.9 Å². The Kier molecular flexibility index (Phi) is 5.33. The van der Waals surface area contributed by atoms with Gasteiger partial charge in [0.1, 0.15) is 0 Å². The molecule has 0 saturated heterocycles. The van der Waals surface area contributed by atoms with Crippen LogP contribution >= 0.6 is 11.6 Å². The van der Waals surface area contributed by atoms with Crippen LogP contribution in [0.25, 0.3) is 0 Å². The Labute approximate surface area is 135 Å². The van der Waals surface area contributed by atoms with Crippen LogP contribution < -0.4 is 10.6 Å². The van der Waals surface area contributed by atoms with Crippen molar-refractivity contribution >= 4 is 34.8 Å². The molecule has 1 aromatic heterocycles. The molecule has 0 aliphatic carbocycles. The van der Waals surface area contributed by atoms with Gasteiger partial charge in [-0.25, -0.2) is 0 Å². The highest BCUT2D eigenvalue weighted by Crippen LogP contribution is 2.29. The van der Waals surface area contributed by atoms with Crippen LogP contribution in [0.2, 0.25) is 5.02 Å². The molecule has 0 saturated carbocycles.